The lowest BCUT2D eigenvalue weighted by Crippen LogP contribution is -2.19. The van der Waals surface area contributed by atoms with Gasteiger partial charge in [-0.05, 0) is 48.4 Å². The standard InChI is InChI=1S/C16H17FN2/c17-14-4-6-16(7-5-14)19-9-8-13(11-19)12-2-1-3-15(18)10-12/h1-7,10,13H,8-9,11,18H2. The number of anilines is 2. The van der Waals surface area contributed by atoms with Crippen molar-refractivity contribution in [3.8, 4) is 0 Å². The van der Waals surface area contributed by atoms with Crippen LogP contribution in [0.4, 0.5) is 15.8 Å². The normalized spacial score (nSPS) is 18.8. The van der Waals surface area contributed by atoms with Gasteiger partial charge in [-0.25, -0.2) is 4.39 Å². The summed E-state index contributed by atoms with van der Waals surface area (Å²) in [5.41, 5.74) is 9.04. The van der Waals surface area contributed by atoms with Crippen LogP contribution in [0.2, 0.25) is 0 Å². The molecule has 1 fully saturated rings. The monoisotopic (exact) mass is 256 g/mol. The Labute approximate surface area is 112 Å². The molecule has 0 spiro atoms. The minimum Gasteiger partial charge on any atom is -0.399 e. The van der Waals surface area contributed by atoms with Crippen LogP contribution in [0.15, 0.2) is 48.5 Å². The summed E-state index contributed by atoms with van der Waals surface area (Å²) in [6.45, 7) is 1.97. The molecule has 1 aliphatic heterocycles. The van der Waals surface area contributed by atoms with Gasteiger partial charge in [0.2, 0.25) is 0 Å². The third kappa shape index (κ3) is 2.55. The van der Waals surface area contributed by atoms with E-state index in [1.165, 1.54) is 17.7 Å². The van der Waals surface area contributed by atoms with Gasteiger partial charge in [0, 0.05) is 30.4 Å². The first-order valence-electron chi connectivity index (χ1n) is 6.58. The first-order chi connectivity index (χ1) is 9.22. The Kier molecular flexibility index (Phi) is 3.11. The number of rotatable bonds is 2. The van der Waals surface area contributed by atoms with E-state index in [1.54, 1.807) is 0 Å². The third-order valence-electron chi connectivity index (χ3n) is 3.76. The SMILES string of the molecule is Nc1cccc(C2CCN(c3ccc(F)cc3)C2)c1. The fourth-order valence-electron chi connectivity index (χ4n) is 2.73. The van der Waals surface area contributed by atoms with E-state index in [4.69, 9.17) is 5.73 Å². The molecule has 98 valence electrons. The number of benzene rings is 2. The summed E-state index contributed by atoms with van der Waals surface area (Å²) in [4.78, 5) is 2.30. The highest BCUT2D eigenvalue weighted by Gasteiger charge is 2.24. The van der Waals surface area contributed by atoms with Gasteiger partial charge in [0.15, 0.2) is 0 Å². The van der Waals surface area contributed by atoms with E-state index in [0.717, 1.165) is 30.9 Å². The quantitative estimate of drug-likeness (QED) is 0.834. The van der Waals surface area contributed by atoms with Gasteiger partial charge in [0.1, 0.15) is 5.82 Å². The fraction of sp³-hybridized carbons (Fsp3) is 0.250. The minimum absolute atomic E-state index is 0.185. The zero-order chi connectivity index (χ0) is 13.2. The molecule has 2 aromatic carbocycles. The number of nitrogens with zero attached hydrogens (tertiary/aromatic N) is 1. The summed E-state index contributed by atoms with van der Waals surface area (Å²) in [6, 6.07) is 14.8. The van der Waals surface area contributed by atoms with Gasteiger partial charge >= 0.3 is 0 Å². The maximum absolute atomic E-state index is 12.9. The Hall–Kier alpha value is -2.03. The van der Waals surface area contributed by atoms with Crippen molar-refractivity contribution >= 4 is 11.4 Å². The van der Waals surface area contributed by atoms with Crippen molar-refractivity contribution in [2.24, 2.45) is 0 Å². The molecule has 1 aliphatic rings. The molecule has 0 aliphatic carbocycles. The van der Waals surface area contributed by atoms with Crippen LogP contribution in [-0.4, -0.2) is 13.1 Å². The highest BCUT2D eigenvalue weighted by atomic mass is 19.1. The topological polar surface area (TPSA) is 29.3 Å². The van der Waals surface area contributed by atoms with Gasteiger partial charge in [0.25, 0.3) is 0 Å². The van der Waals surface area contributed by atoms with E-state index in [1.807, 2.05) is 24.3 Å². The van der Waals surface area contributed by atoms with Crippen molar-refractivity contribution in [2.75, 3.05) is 23.7 Å². The zero-order valence-corrected chi connectivity index (χ0v) is 10.7. The lowest BCUT2D eigenvalue weighted by Gasteiger charge is -2.18. The molecule has 0 amide bonds. The van der Waals surface area contributed by atoms with Crippen LogP contribution in [0.5, 0.6) is 0 Å². The molecule has 3 rings (SSSR count). The van der Waals surface area contributed by atoms with Gasteiger partial charge < -0.3 is 10.6 Å². The van der Waals surface area contributed by atoms with Crippen molar-refractivity contribution in [3.63, 3.8) is 0 Å². The van der Waals surface area contributed by atoms with Gasteiger partial charge in [-0.2, -0.15) is 0 Å². The van der Waals surface area contributed by atoms with E-state index in [-0.39, 0.29) is 5.82 Å². The number of nitrogen functional groups attached to an aromatic ring is 1. The Bertz CT molecular complexity index is 565. The van der Waals surface area contributed by atoms with Gasteiger partial charge in [-0.15, -0.1) is 0 Å². The van der Waals surface area contributed by atoms with Crippen LogP contribution in [0.25, 0.3) is 0 Å². The van der Waals surface area contributed by atoms with Gasteiger partial charge in [-0.3, -0.25) is 0 Å². The summed E-state index contributed by atoms with van der Waals surface area (Å²) < 4.78 is 12.9. The maximum atomic E-state index is 12.9. The molecule has 2 nitrogen and oxygen atoms in total. The summed E-state index contributed by atoms with van der Waals surface area (Å²) in [5.74, 6) is 0.323. The molecule has 0 aromatic heterocycles. The van der Waals surface area contributed by atoms with Crippen LogP contribution in [0, 0.1) is 5.82 Å². The van der Waals surface area contributed by atoms with E-state index in [2.05, 4.69) is 17.0 Å². The van der Waals surface area contributed by atoms with Crippen LogP contribution in [0.1, 0.15) is 17.9 Å². The zero-order valence-electron chi connectivity index (χ0n) is 10.7. The second kappa shape index (κ2) is 4.92. The van der Waals surface area contributed by atoms with Crippen molar-refractivity contribution in [1.82, 2.24) is 0 Å². The molecule has 19 heavy (non-hydrogen) atoms. The van der Waals surface area contributed by atoms with E-state index >= 15 is 0 Å². The molecule has 1 heterocycles. The van der Waals surface area contributed by atoms with Gasteiger partial charge in [-0.1, -0.05) is 12.1 Å². The Morgan fingerprint density at radius 1 is 1.11 bits per heavy atom. The highest BCUT2D eigenvalue weighted by Crippen LogP contribution is 2.31. The fourth-order valence-corrected chi connectivity index (χ4v) is 2.73. The van der Waals surface area contributed by atoms with Crippen LogP contribution in [0.3, 0.4) is 0 Å². The Morgan fingerprint density at radius 3 is 2.63 bits per heavy atom. The largest absolute Gasteiger partial charge is 0.399 e. The molecular weight excluding hydrogens is 239 g/mol. The second-order valence-electron chi connectivity index (χ2n) is 5.08. The van der Waals surface area contributed by atoms with Crippen molar-refractivity contribution in [2.45, 2.75) is 12.3 Å². The van der Waals surface area contributed by atoms with Crippen molar-refractivity contribution < 1.29 is 4.39 Å². The maximum Gasteiger partial charge on any atom is 0.123 e. The third-order valence-corrected chi connectivity index (χ3v) is 3.76. The van der Waals surface area contributed by atoms with Crippen molar-refractivity contribution in [3.05, 3.63) is 59.9 Å². The number of hydrogen-bond acceptors (Lipinski definition) is 2. The molecule has 0 saturated carbocycles. The second-order valence-corrected chi connectivity index (χ2v) is 5.08. The van der Waals surface area contributed by atoms with E-state index in [0.29, 0.717) is 5.92 Å². The smallest absolute Gasteiger partial charge is 0.123 e. The molecule has 0 radical (unpaired) electrons. The lowest BCUT2D eigenvalue weighted by atomic mass is 9.98. The molecule has 2 aromatic rings. The first-order valence-corrected chi connectivity index (χ1v) is 6.58. The minimum atomic E-state index is -0.185. The average Bonchev–Trinajstić information content (AvgIpc) is 2.89. The number of halogens is 1. The average molecular weight is 256 g/mol. The highest BCUT2D eigenvalue weighted by molar-refractivity contribution is 5.49. The van der Waals surface area contributed by atoms with Crippen molar-refractivity contribution in [1.29, 1.82) is 0 Å². The van der Waals surface area contributed by atoms with Crippen LogP contribution < -0.4 is 10.6 Å². The molecule has 1 atom stereocenters. The Balaban J connectivity index is 1.75. The molecule has 2 N–H and O–H groups in total. The summed E-state index contributed by atoms with van der Waals surface area (Å²) >= 11 is 0. The van der Waals surface area contributed by atoms with E-state index < -0.39 is 0 Å². The molecule has 0 bridgehead atoms. The first kappa shape index (κ1) is 12.0. The number of nitrogens with two attached hydrogens (primary N) is 1. The lowest BCUT2D eigenvalue weighted by molar-refractivity contribution is 0.627. The predicted octanol–water partition coefficient (Wildman–Crippen LogP) is 3.40. The van der Waals surface area contributed by atoms with Gasteiger partial charge in [0.05, 0.1) is 0 Å². The molecule has 1 unspecified atom stereocenters. The summed E-state index contributed by atoms with van der Waals surface area (Å²) in [6.07, 6.45) is 1.11. The molecule has 3 heteroatoms. The van der Waals surface area contributed by atoms with E-state index in [9.17, 15) is 4.39 Å². The number of hydrogen-bond donors (Lipinski definition) is 1. The van der Waals surface area contributed by atoms with Crippen LogP contribution >= 0.6 is 0 Å². The molecule has 1 saturated heterocycles. The Morgan fingerprint density at radius 2 is 1.89 bits per heavy atom. The van der Waals surface area contributed by atoms with Crippen LogP contribution in [-0.2, 0) is 0 Å². The molecular formula is C16H17FN2. The predicted molar refractivity (Wildman–Crippen MR) is 76.8 cm³/mol. The summed E-state index contributed by atoms with van der Waals surface area (Å²) in [5, 5.41) is 0. The summed E-state index contributed by atoms with van der Waals surface area (Å²) in [7, 11) is 0.